The third-order valence-corrected chi connectivity index (χ3v) is 6.80. The molecule has 0 aliphatic carbocycles. The summed E-state index contributed by atoms with van der Waals surface area (Å²) >= 11 is 0. The van der Waals surface area contributed by atoms with Crippen LogP contribution in [0.15, 0.2) is 54.9 Å². The average molecular weight is 500 g/mol. The summed E-state index contributed by atoms with van der Waals surface area (Å²) in [6.45, 7) is 21.1. The highest BCUT2D eigenvalue weighted by Crippen LogP contribution is 2.22. The third kappa shape index (κ3) is 14.4. The van der Waals surface area contributed by atoms with Gasteiger partial charge in [-0.1, -0.05) is 71.9 Å². The molecular weight excluding hydrogens is 446 g/mol. The van der Waals surface area contributed by atoms with Gasteiger partial charge in [0.1, 0.15) is 6.10 Å². The molecule has 4 heteroatoms. The second-order valence-electron chi connectivity index (χ2n) is 10.3. The zero-order valence-electron chi connectivity index (χ0n) is 24.7. The quantitative estimate of drug-likeness (QED) is 0.289. The number of hydrogen-bond acceptors (Lipinski definition) is 4. The lowest BCUT2D eigenvalue weighted by atomic mass is 9.91. The van der Waals surface area contributed by atoms with E-state index in [4.69, 9.17) is 9.47 Å². The van der Waals surface area contributed by atoms with Crippen LogP contribution in [0.25, 0.3) is 0 Å². The van der Waals surface area contributed by atoms with Gasteiger partial charge < -0.3 is 9.47 Å². The Bertz CT molecular complexity index is 746. The molecule has 0 radical (unpaired) electrons. The van der Waals surface area contributed by atoms with Crippen LogP contribution in [0.4, 0.5) is 0 Å². The van der Waals surface area contributed by atoms with E-state index in [1.54, 1.807) is 0 Å². The molecule has 1 aromatic carbocycles. The number of hydrogen-bond donors (Lipinski definition) is 0. The van der Waals surface area contributed by atoms with E-state index >= 15 is 0 Å². The fraction of sp³-hybridized carbons (Fsp3) is 0.625. The summed E-state index contributed by atoms with van der Waals surface area (Å²) in [6, 6.07) is 14.8. The van der Waals surface area contributed by atoms with Crippen LogP contribution >= 0.6 is 0 Å². The molecular formula is C32H53NO3. The van der Waals surface area contributed by atoms with E-state index in [9.17, 15) is 4.79 Å². The number of carbonyl (C=O) groups is 1. The van der Waals surface area contributed by atoms with Crippen molar-refractivity contribution in [3.63, 3.8) is 0 Å². The molecule has 0 bridgehead atoms. The smallest absolute Gasteiger partial charge is 0.311 e. The number of pyridine rings is 1. The highest BCUT2D eigenvalue weighted by atomic mass is 16.6. The van der Waals surface area contributed by atoms with Crippen molar-refractivity contribution in [2.24, 2.45) is 5.41 Å². The molecule has 0 aliphatic rings. The van der Waals surface area contributed by atoms with Crippen molar-refractivity contribution in [3.05, 3.63) is 66.0 Å². The minimum atomic E-state index is -0.398. The summed E-state index contributed by atoms with van der Waals surface area (Å²) in [6.07, 6.45) is 7.93. The zero-order chi connectivity index (χ0) is 27.6. The first-order chi connectivity index (χ1) is 17.0. The van der Waals surface area contributed by atoms with Crippen LogP contribution in [0.1, 0.15) is 118 Å². The van der Waals surface area contributed by atoms with Crippen molar-refractivity contribution in [2.45, 2.75) is 119 Å². The molecule has 1 heterocycles. The van der Waals surface area contributed by atoms with Crippen LogP contribution in [0.5, 0.6) is 0 Å². The van der Waals surface area contributed by atoms with Crippen LogP contribution in [0.3, 0.4) is 0 Å². The predicted molar refractivity (Wildman–Crippen MR) is 153 cm³/mol. The van der Waals surface area contributed by atoms with Gasteiger partial charge in [-0.15, -0.1) is 0 Å². The SMILES string of the molecule is CCC(C)OCC(C)OC(=O)C(C)(C)CC.CCC(C)c1ccccc1.CCC(C)c1ccncc1. The molecule has 0 N–H and O–H groups in total. The van der Waals surface area contributed by atoms with Gasteiger partial charge in [0, 0.05) is 12.4 Å². The number of nitrogens with zero attached hydrogens (tertiary/aromatic N) is 1. The highest BCUT2D eigenvalue weighted by molar-refractivity contribution is 5.75. The maximum absolute atomic E-state index is 11.7. The molecule has 0 aliphatic heterocycles. The van der Waals surface area contributed by atoms with Gasteiger partial charge in [-0.05, 0) is 88.5 Å². The lowest BCUT2D eigenvalue weighted by molar-refractivity contribution is -0.162. The van der Waals surface area contributed by atoms with Gasteiger partial charge in [-0.3, -0.25) is 9.78 Å². The van der Waals surface area contributed by atoms with E-state index in [1.165, 1.54) is 24.0 Å². The molecule has 0 fully saturated rings. The summed E-state index contributed by atoms with van der Waals surface area (Å²) in [5.74, 6) is 1.24. The first-order valence-corrected chi connectivity index (χ1v) is 13.8. The Morgan fingerprint density at radius 3 is 1.72 bits per heavy atom. The van der Waals surface area contributed by atoms with Gasteiger partial charge in [0.15, 0.2) is 0 Å². The van der Waals surface area contributed by atoms with E-state index in [0.29, 0.717) is 18.4 Å². The van der Waals surface area contributed by atoms with Crippen LogP contribution in [-0.4, -0.2) is 29.8 Å². The zero-order valence-corrected chi connectivity index (χ0v) is 24.7. The van der Waals surface area contributed by atoms with Crippen molar-refractivity contribution >= 4 is 5.97 Å². The topological polar surface area (TPSA) is 48.4 Å². The fourth-order valence-electron chi connectivity index (χ4n) is 2.88. The van der Waals surface area contributed by atoms with E-state index < -0.39 is 5.41 Å². The maximum Gasteiger partial charge on any atom is 0.311 e. The number of rotatable bonds is 11. The Morgan fingerprint density at radius 2 is 1.28 bits per heavy atom. The van der Waals surface area contributed by atoms with Crippen molar-refractivity contribution in [2.75, 3.05) is 6.61 Å². The molecule has 2 aromatic rings. The van der Waals surface area contributed by atoms with E-state index in [2.05, 4.69) is 82.1 Å². The Balaban J connectivity index is 0.000000532. The van der Waals surface area contributed by atoms with Crippen molar-refractivity contribution < 1.29 is 14.3 Å². The van der Waals surface area contributed by atoms with Crippen molar-refractivity contribution in [3.8, 4) is 0 Å². The summed E-state index contributed by atoms with van der Waals surface area (Å²) in [4.78, 5) is 15.7. The average Bonchev–Trinajstić information content (AvgIpc) is 2.92. The second kappa shape index (κ2) is 19.0. The molecule has 0 spiro atoms. The van der Waals surface area contributed by atoms with Gasteiger partial charge in [-0.25, -0.2) is 0 Å². The minimum absolute atomic E-state index is 0.143. The van der Waals surface area contributed by atoms with Gasteiger partial charge in [-0.2, -0.15) is 0 Å². The van der Waals surface area contributed by atoms with E-state index in [-0.39, 0.29) is 18.2 Å². The molecule has 4 nitrogen and oxygen atoms in total. The molecule has 4 unspecified atom stereocenters. The van der Waals surface area contributed by atoms with Gasteiger partial charge in [0.25, 0.3) is 0 Å². The number of ether oxygens (including phenoxy) is 2. The first kappa shape index (κ1) is 33.8. The maximum atomic E-state index is 11.7. The number of carbonyl (C=O) groups excluding carboxylic acids is 1. The van der Waals surface area contributed by atoms with Crippen LogP contribution in [-0.2, 0) is 14.3 Å². The molecule has 36 heavy (non-hydrogen) atoms. The van der Waals surface area contributed by atoms with Crippen LogP contribution < -0.4 is 0 Å². The molecule has 0 saturated heterocycles. The summed E-state index contributed by atoms with van der Waals surface area (Å²) in [5, 5.41) is 0. The largest absolute Gasteiger partial charge is 0.460 e. The van der Waals surface area contributed by atoms with E-state index in [0.717, 1.165) is 12.8 Å². The summed E-state index contributed by atoms with van der Waals surface area (Å²) < 4.78 is 10.9. The number of aromatic nitrogens is 1. The Kier molecular flexibility index (Phi) is 17.8. The lowest BCUT2D eigenvalue weighted by Gasteiger charge is -2.24. The molecule has 4 atom stereocenters. The normalized spacial score (nSPS) is 14.2. The van der Waals surface area contributed by atoms with Crippen molar-refractivity contribution in [1.82, 2.24) is 4.98 Å². The molecule has 0 amide bonds. The monoisotopic (exact) mass is 499 g/mol. The minimum Gasteiger partial charge on any atom is -0.460 e. The predicted octanol–water partition coefficient (Wildman–Crippen LogP) is 8.96. The summed E-state index contributed by atoms with van der Waals surface area (Å²) in [7, 11) is 0. The molecule has 2 rings (SSSR count). The fourth-order valence-corrected chi connectivity index (χ4v) is 2.88. The Labute approximate surface area is 222 Å². The van der Waals surface area contributed by atoms with Gasteiger partial charge in [0.05, 0.1) is 18.1 Å². The molecule has 204 valence electrons. The molecule has 1 aromatic heterocycles. The van der Waals surface area contributed by atoms with Gasteiger partial charge >= 0.3 is 5.97 Å². The highest BCUT2D eigenvalue weighted by Gasteiger charge is 2.28. The number of benzene rings is 1. The first-order valence-electron chi connectivity index (χ1n) is 13.8. The van der Waals surface area contributed by atoms with E-state index in [1.807, 2.05) is 47.0 Å². The number of esters is 1. The molecule has 0 saturated carbocycles. The second-order valence-corrected chi connectivity index (χ2v) is 10.3. The lowest BCUT2D eigenvalue weighted by Crippen LogP contribution is -2.31. The van der Waals surface area contributed by atoms with Crippen LogP contribution in [0.2, 0.25) is 0 Å². The third-order valence-electron chi connectivity index (χ3n) is 6.80. The Morgan fingerprint density at radius 1 is 0.778 bits per heavy atom. The van der Waals surface area contributed by atoms with Crippen LogP contribution in [0, 0.1) is 5.41 Å². The Hall–Kier alpha value is -2.20. The van der Waals surface area contributed by atoms with Crippen molar-refractivity contribution in [1.29, 1.82) is 0 Å². The standard InChI is InChI=1S/C13H26O3.C10H14.C9H13N/c1-7-10(3)15-9-11(4)16-12(14)13(5,6)8-2;1-3-9(2)10-7-5-4-6-8-10;1-3-8(2)9-4-6-10-7-5-9/h10-11H,7-9H2,1-6H3;4-9H,3H2,1-2H3;4-8H,3H2,1-2H3. The summed E-state index contributed by atoms with van der Waals surface area (Å²) in [5.41, 5.74) is 2.44. The van der Waals surface area contributed by atoms with Gasteiger partial charge in [0.2, 0.25) is 0 Å².